The Balaban J connectivity index is 1.39. The van der Waals surface area contributed by atoms with Gasteiger partial charge in [-0.3, -0.25) is 4.79 Å². The van der Waals surface area contributed by atoms with Crippen molar-refractivity contribution in [3.8, 4) is 22.5 Å². The minimum atomic E-state index is -0.340. The molecule has 7 nitrogen and oxygen atoms in total. The van der Waals surface area contributed by atoms with E-state index in [2.05, 4.69) is 15.2 Å². The number of hydrogen-bond acceptors (Lipinski definition) is 5. The summed E-state index contributed by atoms with van der Waals surface area (Å²) in [7, 11) is 1.68. The number of aromatic nitrogens is 4. The molecule has 1 aliphatic heterocycles. The van der Waals surface area contributed by atoms with E-state index >= 15 is 0 Å². The highest BCUT2D eigenvalue weighted by molar-refractivity contribution is 5.98. The Bertz CT molecular complexity index is 1250. The van der Waals surface area contributed by atoms with Gasteiger partial charge in [0.1, 0.15) is 23.5 Å². The maximum atomic E-state index is 13.6. The quantitative estimate of drug-likeness (QED) is 0.452. The predicted octanol–water partition coefficient (Wildman–Crippen LogP) is 4.51. The van der Waals surface area contributed by atoms with Gasteiger partial charge in [-0.15, -0.1) is 5.10 Å². The van der Waals surface area contributed by atoms with Gasteiger partial charge in [0.2, 0.25) is 0 Å². The lowest BCUT2D eigenvalue weighted by Crippen LogP contribution is -2.45. The van der Waals surface area contributed by atoms with E-state index in [1.165, 1.54) is 16.9 Å². The first kappa shape index (κ1) is 21.1. The topological polar surface area (TPSA) is 77.0 Å². The summed E-state index contributed by atoms with van der Waals surface area (Å²) in [6.07, 6.45) is 5.02. The van der Waals surface area contributed by atoms with Crippen molar-refractivity contribution in [2.45, 2.75) is 31.7 Å². The van der Waals surface area contributed by atoms with Crippen molar-refractivity contribution in [3.63, 3.8) is 0 Å². The highest BCUT2D eigenvalue weighted by Gasteiger charge is 2.32. The molecule has 4 aromatic rings. The number of carbonyl (C=O) groups excluding carboxylic acids is 1. The van der Waals surface area contributed by atoms with Crippen LogP contribution in [-0.4, -0.2) is 43.4 Å². The van der Waals surface area contributed by atoms with Crippen LogP contribution in [0.15, 0.2) is 65.3 Å². The number of rotatable bonds is 5. The molecule has 0 N–H and O–H groups in total. The Morgan fingerprint density at radius 3 is 2.64 bits per heavy atom. The van der Waals surface area contributed by atoms with Crippen LogP contribution in [0.4, 0.5) is 4.39 Å². The molecule has 1 saturated heterocycles. The summed E-state index contributed by atoms with van der Waals surface area (Å²) in [5.74, 6) is 0.0888. The van der Waals surface area contributed by atoms with E-state index < -0.39 is 0 Å². The van der Waals surface area contributed by atoms with Crippen molar-refractivity contribution < 1.29 is 13.6 Å². The fourth-order valence-corrected chi connectivity index (χ4v) is 4.32. The summed E-state index contributed by atoms with van der Waals surface area (Å²) in [5.41, 5.74) is 3.16. The van der Waals surface area contributed by atoms with Crippen molar-refractivity contribution in [1.82, 2.24) is 24.9 Å². The minimum absolute atomic E-state index is 0.0448. The monoisotopic (exact) mass is 445 g/mol. The predicted molar refractivity (Wildman–Crippen MR) is 121 cm³/mol. The molecule has 1 unspecified atom stereocenters. The molecule has 33 heavy (non-hydrogen) atoms. The molecule has 168 valence electrons. The molecule has 0 saturated carbocycles. The van der Waals surface area contributed by atoms with Crippen LogP contribution in [0.1, 0.15) is 35.6 Å². The number of aryl methyl sites for hydroxylation is 1. The Morgan fingerprint density at radius 1 is 1.06 bits per heavy atom. The Hall–Kier alpha value is -3.81. The molecule has 3 heterocycles. The molecule has 1 atom stereocenters. The van der Waals surface area contributed by atoms with Gasteiger partial charge in [-0.1, -0.05) is 30.3 Å². The van der Waals surface area contributed by atoms with Crippen molar-refractivity contribution in [3.05, 3.63) is 78.3 Å². The average molecular weight is 445 g/mol. The lowest BCUT2D eigenvalue weighted by Gasteiger charge is -2.34. The second-order valence-electron chi connectivity index (χ2n) is 8.24. The third-order valence-corrected chi connectivity index (χ3v) is 5.95. The molecular weight excluding hydrogens is 421 g/mol. The first-order valence-corrected chi connectivity index (χ1v) is 11.1. The van der Waals surface area contributed by atoms with E-state index in [9.17, 15) is 9.18 Å². The third kappa shape index (κ3) is 4.41. The molecule has 1 aliphatic rings. The van der Waals surface area contributed by atoms with Crippen molar-refractivity contribution in [2.24, 2.45) is 7.05 Å². The molecule has 2 aromatic heterocycles. The Morgan fingerprint density at radius 2 is 1.85 bits per heavy atom. The molecular formula is C25H24FN5O2. The second-order valence-corrected chi connectivity index (χ2v) is 8.24. The second kappa shape index (κ2) is 8.97. The van der Waals surface area contributed by atoms with E-state index in [4.69, 9.17) is 4.42 Å². The summed E-state index contributed by atoms with van der Waals surface area (Å²) in [5, 5.41) is 8.73. The third-order valence-electron chi connectivity index (χ3n) is 5.95. The minimum Gasteiger partial charge on any atom is -0.448 e. The van der Waals surface area contributed by atoms with Crippen molar-refractivity contribution >= 4 is 5.91 Å². The smallest absolute Gasteiger partial charge is 0.276 e. The molecule has 0 radical (unpaired) electrons. The first-order chi connectivity index (χ1) is 16.1. The number of amides is 1. The maximum Gasteiger partial charge on any atom is 0.276 e. The average Bonchev–Trinajstić information content (AvgIpc) is 3.47. The van der Waals surface area contributed by atoms with Gasteiger partial charge in [-0.25, -0.2) is 9.37 Å². The summed E-state index contributed by atoms with van der Waals surface area (Å²) in [6.45, 7) is 0.634. The van der Waals surface area contributed by atoms with E-state index in [1.807, 2.05) is 35.2 Å². The van der Waals surface area contributed by atoms with Gasteiger partial charge in [0.25, 0.3) is 5.91 Å². The lowest BCUT2D eigenvalue weighted by molar-refractivity contribution is 0.0599. The number of piperidine rings is 1. The molecule has 5 rings (SSSR count). The van der Waals surface area contributed by atoms with Crippen LogP contribution in [0.25, 0.3) is 22.5 Å². The van der Waals surface area contributed by atoms with Crippen molar-refractivity contribution in [2.75, 3.05) is 6.54 Å². The lowest BCUT2D eigenvalue weighted by atomic mass is 9.98. The summed E-state index contributed by atoms with van der Waals surface area (Å²) in [4.78, 5) is 21.5. The van der Waals surface area contributed by atoms with Gasteiger partial charge in [0, 0.05) is 37.2 Å². The molecule has 0 aliphatic carbocycles. The molecule has 0 bridgehead atoms. The Kier molecular flexibility index (Phi) is 5.73. The van der Waals surface area contributed by atoms with Crippen LogP contribution in [-0.2, 0) is 13.5 Å². The van der Waals surface area contributed by atoms with Gasteiger partial charge in [-0.2, -0.15) is 9.90 Å². The number of oxazole rings is 1. The number of nitrogens with zero attached hydrogens (tertiary/aromatic N) is 5. The van der Waals surface area contributed by atoms with Gasteiger partial charge >= 0.3 is 0 Å². The van der Waals surface area contributed by atoms with E-state index in [1.54, 1.807) is 25.4 Å². The van der Waals surface area contributed by atoms with Crippen LogP contribution < -0.4 is 0 Å². The van der Waals surface area contributed by atoms with Gasteiger partial charge in [0.05, 0.1) is 0 Å². The van der Waals surface area contributed by atoms with E-state index in [0.29, 0.717) is 30.1 Å². The zero-order chi connectivity index (χ0) is 22.8. The summed E-state index contributed by atoms with van der Waals surface area (Å²) < 4.78 is 19.1. The number of benzene rings is 2. The Labute approximate surface area is 190 Å². The molecule has 8 heteroatoms. The SMILES string of the molecule is Cn1nc(C(=O)N2CCCCC2Cc2nc(-c3ccccc3)co2)c(-c2ccc(F)cc2)n1. The normalized spacial score (nSPS) is 16.2. The van der Waals surface area contributed by atoms with Crippen LogP contribution in [0.5, 0.6) is 0 Å². The highest BCUT2D eigenvalue weighted by Crippen LogP contribution is 2.27. The standard InChI is InChI=1S/C25H24FN5O2/c1-30-28-23(18-10-12-19(26)13-11-18)24(29-30)25(32)31-14-6-5-9-20(31)15-22-27-21(16-33-22)17-7-3-2-4-8-17/h2-4,7-8,10-13,16,20H,5-6,9,14-15H2,1H3. The van der Waals surface area contributed by atoms with Gasteiger partial charge in [0.15, 0.2) is 11.6 Å². The van der Waals surface area contributed by atoms with E-state index in [-0.39, 0.29) is 23.5 Å². The number of carbonyl (C=O) groups is 1. The maximum absolute atomic E-state index is 13.6. The summed E-state index contributed by atoms with van der Waals surface area (Å²) in [6, 6.07) is 15.8. The highest BCUT2D eigenvalue weighted by atomic mass is 19.1. The first-order valence-electron chi connectivity index (χ1n) is 11.1. The summed E-state index contributed by atoms with van der Waals surface area (Å²) >= 11 is 0. The van der Waals surface area contributed by atoms with Crippen molar-refractivity contribution in [1.29, 1.82) is 0 Å². The fraction of sp³-hybridized carbons (Fsp3) is 0.280. The van der Waals surface area contributed by atoms with Crippen LogP contribution in [0, 0.1) is 5.82 Å². The molecule has 0 spiro atoms. The van der Waals surface area contributed by atoms with Crippen LogP contribution in [0.2, 0.25) is 0 Å². The van der Waals surface area contributed by atoms with Crippen LogP contribution in [0.3, 0.4) is 0 Å². The molecule has 2 aromatic carbocycles. The zero-order valence-corrected chi connectivity index (χ0v) is 18.3. The number of likely N-dealkylation sites (tertiary alicyclic amines) is 1. The fourth-order valence-electron chi connectivity index (χ4n) is 4.32. The van der Waals surface area contributed by atoms with E-state index in [0.717, 1.165) is 30.5 Å². The van der Waals surface area contributed by atoms with Gasteiger partial charge in [-0.05, 0) is 43.5 Å². The molecule has 1 fully saturated rings. The van der Waals surface area contributed by atoms with Gasteiger partial charge < -0.3 is 9.32 Å². The number of halogens is 1. The molecule has 1 amide bonds. The zero-order valence-electron chi connectivity index (χ0n) is 18.3. The number of hydrogen-bond donors (Lipinski definition) is 0. The largest absolute Gasteiger partial charge is 0.448 e. The van der Waals surface area contributed by atoms with Crippen LogP contribution >= 0.6 is 0 Å².